The molecule has 0 saturated carbocycles. The van der Waals surface area contributed by atoms with Gasteiger partial charge >= 0.3 is 0 Å². The molecule has 0 bridgehead atoms. The van der Waals surface area contributed by atoms with Crippen molar-refractivity contribution < 1.29 is 14.5 Å². The first-order chi connectivity index (χ1) is 9.60. The number of nitro groups is 1. The molecule has 0 aliphatic carbocycles. The highest BCUT2D eigenvalue weighted by molar-refractivity contribution is 6.30. The van der Waals surface area contributed by atoms with Gasteiger partial charge in [-0.05, 0) is 23.8 Å². The van der Waals surface area contributed by atoms with Crippen molar-refractivity contribution in [1.82, 2.24) is 0 Å². The maximum atomic E-state index is 10.9. The van der Waals surface area contributed by atoms with Gasteiger partial charge in [-0.2, -0.15) is 0 Å². The Morgan fingerprint density at radius 3 is 2.75 bits per heavy atom. The van der Waals surface area contributed by atoms with Crippen LogP contribution in [0.2, 0.25) is 5.02 Å². The summed E-state index contributed by atoms with van der Waals surface area (Å²) in [5.74, 6) is 0.385. The molecule has 0 aliphatic rings. The van der Waals surface area contributed by atoms with Crippen LogP contribution >= 0.6 is 11.6 Å². The molecule has 0 heterocycles. The van der Waals surface area contributed by atoms with Crippen LogP contribution in [0.4, 0.5) is 5.69 Å². The summed E-state index contributed by atoms with van der Waals surface area (Å²) in [6.45, 7) is 0.129. The van der Waals surface area contributed by atoms with Gasteiger partial charge in [-0.15, -0.1) is 0 Å². The largest absolute Gasteiger partial charge is 0.488 e. The van der Waals surface area contributed by atoms with E-state index in [9.17, 15) is 14.9 Å². The van der Waals surface area contributed by atoms with E-state index in [1.165, 1.54) is 18.2 Å². The van der Waals surface area contributed by atoms with Gasteiger partial charge in [0.05, 0.1) is 10.5 Å². The summed E-state index contributed by atoms with van der Waals surface area (Å²) in [6, 6.07) is 10.8. The fraction of sp³-hybridized carbons (Fsp3) is 0.0714. The lowest BCUT2D eigenvalue weighted by atomic mass is 10.2. The summed E-state index contributed by atoms with van der Waals surface area (Å²) in [5.41, 5.74) is 0.978. The molecule has 0 aliphatic heterocycles. The third kappa shape index (κ3) is 3.33. The van der Waals surface area contributed by atoms with E-state index < -0.39 is 4.92 Å². The minimum absolute atomic E-state index is 0.00202. The number of non-ortho nitro benzene ring substituents is 1. The topological polar surface area (TPSA) is 69.4 Å². The second-order valence-corrected chi connectivity index (χ2v) is 4.45. The fourth-order valence-corrected chi connectivity index (χ4v) is 1.84. The van der Waals surface area contributed by atoms with Crippen molar-refractivity contribution in [1.29, 1.82) is 0 Å². The van der Waals surface area contributed by atoms with Gasteiger partial charge in [0.1, 0.15) is 12.4 Å². The number of carbonyl (C=O) groups excluding carboxylic acids is 1. The lowest BCUT2D eigenvalue weighted by Crippen LogP contribution is -1.99. The van der Waals surface area contributed by atoms with E-state index in [1.807, 2.05) is 0 Å². The molecule has 102 valence electrons. The summed E-state index contributed by atoms with van der Waals surface area (Å²) in [7, 11) is 0. The highest BCUT2D eigenvalue weighted by atomic mass is 35.5. The minimum atomic E-state index is -0.470. The molecule has 0 aromatic heterocycles. The van der Waals surface area contributed by atoms with Crippen LogP contribution in [0.1, 0.15) is 15.9 Å². The smallest absolute Gasteiger partial charge is 0.269 e. The zero-order chi connectivity index (χ0) is 14.5. The number of carbonyl (C=O) groups is 1. The lowest BCUT2D eigenvalue weighted by Gasteiger charge is -2.08. The molecule has 0 saturated heterocycles. The van der Waals surface area contributed by atoms with E-state index in [0.29, 0.717) is 28.2 Å². The van der Waals surface area contributed by atoms with Crippen LogP contribution in [0.25, 0.3) is 0 Å². The first-order valence-electron chi connectivity index (χ1n) is 5.71. The summed E-state index contributed by atoms with van der Waals surface area (Å²) in [5, 5.41) is 11.1. The highest BCUT2D eigenvalue weighted by Gasteiger charge is 2.08. The predicted octanol–water partition coefficient (Wildman–Crippen LogP) is 3.64. The molecule has 0 fully saturated rings. The van der Waals surface area contributed by atoms with E-state index in [4.69, 9.17) is 16.3 Å². The Morgan fingerprint density at radius 1 is 1.25 bits per heavy atom. The van der Waals surface area contributed by atoms with Gasteiger partial charge in [-0.1, -0.05) is 23.7 Å². The van der Waals surface area contributed by atoms with Gasteiger partial charge in [0.25, 0.3) is 5.69 Å². The van der Waals surface area contributed by atoms with Crippen molar-refractivity contribution in [3.63, 3.8) is 0 Å². The first kappa shape index (κ1) is 14.0. The van der Waals surface area contributed by atoms with Crippen LogP contribution in [0, 0.1) is 10.1 Å². The quantitative estimate of drug-likeness (QED) is 0.479. The average Bonchev–Trinajstić information content (AvgIpc) is 2.46. The van der Waals surface area contributed by atoms with Gasteiger partial charge in [0.15, 0.2) is 6.29 Å². The van der Waals surface area contributed by atoms with Crippen molar-refractivity contribution in [2.24, 2.45) is 0 Å². The molecule has 6 heteroatoms. The fourth-order valence-electron chi connectivity index (χ4n) is 1.66. The van der Waals surface area contributed by atoms with Crippen molar-refractivity contribution in [3.05, 3.63) is 68.7 Å². The van der Waals surface area contributed by atoms with Gasteiger partial charge in [-0.3, -0.25) is 14.9 Å². The van der Waals surface area contributed by atoms with Crippen molar-refractivity contribution >= 4 is 23.6 Å². The molecule has 0 amide bonds. The third-order valence-corrected chi connectivity index (χ3v) is 2.85. The number of nitrogens with zero attached hydrogens (tertiary/aromatic N) is 1. The van der Waals surface area contributed by atoms with Gasteiger partial charge < -0.3 is 4.74 Å². The molecule has 2 rings (SSSR count). The summed E-state index contributed by atoms with van der Waals surface area (Å²) >= 11 is 5.78. The van der Waals surface area contributed by atoms with E-state index >= 15 is 0 Å². The zero-order valence-corrected chi connectivity index (χ0v) is 11.0. The number of aldehydes is 1. The lowest BCUT2D eigenvalue weighted by molar-refractivity contribution is -0.384. The second-order valence-electron chi connectivity index (χ2n) is 4.02. The molecular weight excluding hydrogens is 282 g/mol. The van der Waals surface area contributed by atoms with Crippen LogP contribution in [0.5, 0.6) is 5.75 Å². The average molecular weight is 292 g/mol. The first-order valence-corrected chi connectivity index (χ1v) is 6.09. The second kappa shape index (κ2) is 6.16. The monoisotopic (exact) mass is 291 g/mol. The van der Waals surface area contributed by atoms with Crippen LogP contribution in [-0.2, 0) is 6.61 Å². The third-order valence-electron chi connectivity index (χ3n) is 2.61. The van der Waals surface area contributed by atoms with E-state index in [1.54, 1.807) is 24.3 Å². The maximum Gasteiger partial charge on any atom is 0.269 e. The Morgan fingerprint density at radius 2 is 2.05 bits per heavy atom. The Bertz CT molecular complexity index is 657. The molecule has 5 nitrogen and oxygen atoms in total. The van der Waals surface area contributed by atoms with E-state index in [2.05, 4.69) is 0 Å². The Kier molecular flexibility index (Phi) is 4.32. The van der Waals surface area contributed by atoms with Crippen molar-refractivity contribution in [3.8, 4) is 5.75 Å². The molecule has 0 atom stereocenters. The number of rotatable bonds is 5. The Labute approximate surface area is 119 Å². The molecular formula is C14H10ClNO4. The highest BCUT2D eigenvalue weighted by Crippen LogP contribution is 2.23. The van der Waals surface area contributed by atoms with Gasteiger partial charge in [0.2, 0.25) is 0 Å². The minimum Gasteiger partial charge on any atom is -0.488 e. The maximum absolute atomic E-state index is 10.9. The van der Waals surface area contributed by atoms with Crippen molar-refractivity contribution in [2.75, 3.05) is 0 Å². The molecule has 0 unspecified atom stereocenters. The van der Waals surface area contributed by atoms with Crippen molar-refractivity contribution in [2.45, 2.75) is 6.61 Å². The number of hydrogen-bond donors (Lipinski definition) is 0. The van der Waals surface area contributed by atoms with Crippen LogP contribution < -0.4 is 4.74 Å². The summed E-state index contributed by atoms with van der Waals surface area (Å²) in [6.07, 6.45) is 0.647. The molecule has 0 spiro atoms. The molecule has 20 heavy (non-hydrogen) atoms. The number of benzene rings is 2. The van der Waals surface area contributed by atoms with Crippen LogP contribution in [0.3, 0.4) is 0 Å². The predicted molar refractivity (Wildman–Crippen MR) is 74.3 cm³/mol. The molecule has 0 N–H and O–H groups in total. The van der Waals surface area contributed by atoms with Gasteiger partial charge in [-0.25, -0.2) is 0 Å². The van der Waals surface area contributed by atoms with E-state index in [0.717, 1.165) is 0 Å². The SMILES string of the molecule is O=Cc1cc(Cl)ccc1OCc1cccc([N+](=O)[O-])c1. The van der Waals surface area contributed by atoms with Gasteiger partial charge in [0, 0.05) is 17.2 Å². The number of ether oxygens (including phenoxy) is 1. The number of hydrogen-bond acceptors (Lipinski definition) is 4. The number of halogens is 1. The Hall–Kier alpha value is -2.40. The van der Waals surface area contributed by atoms with Crippen LogP contribution in [-0.4, -0.2) is 11.2 Å². The molecule has 2 aromatic carbocycles. The van der Waals surface area contributed by atoms with E-state index in [-0.39, 0.29) is 12.3 Å². The standard InChI is InChI=1S/C14H10ClNO4/c15-12-4-5-14(11(7-12)8-17)20-9-10-2-1-3-13(6-10)16(18)19/h1-8H,9H2. The summed E-state index contributed by atoms with van der Waals surface area (Å²) < 4.78 is 5.49. The molecule has 0 radical (unpaired) electrons. The normalized spacial score (nSPS) is 10.1. The molecule has 2 aromatic rings. The number of nitro benzene ring substituents is 1. The zero-order valence-electron chi connectivity index (χ0n) is 10.3. The summed E-state index contributed by atoms with van der Waals surface area (Å²) in [4.78, 5) is 21.1. The Balaban J connectivity index is 2.14. The van der Waals surface area contributed by atoms with Crippen LogP contribution in [0.15, 0.2) is 42.5 Å².